The highest BCUT2D eigenvalue weighted by molar-refractivity contribution is 7.98. The van der Waals surface area contributed by atoms with Crippen molar-refractivity contribution in [1.82, 2.24) is 30.0 Å². The number of aryl methyl sites for hydroxylation is 1. The first-order chi connectivity index (χ1) is 11.9. The van der Waals surface area contributed by atoms with Gasteiger partial charge in [-0.05, 0) is 26.3 Å². The highest BCUT2D eigenvalue weighted by atomic mass is 32.2. The first-order valence-corrected chi connectivity index (χ1v) is 8.97. The lowest BCUT2D eigenvalue weighted by Crippen LogP contribution is -2.29. The van der Waals surface area contributed by atoms with Gasteiger partial charge in [0.05, 0.1) is 0 Å². The molecule has 25 heavy (non-hydrogen) atoms. The number of thioether (sulfide) groups is 1. The van der Waals surface area contributed by atoms with Gasteiger partial charge >= 0.3 is 6.18 Å². The van der Waals surface area contributed by atoms with Gasteiger partial charge in [0.1, 0.15) is 5.82 Å². The maximum atomic E-state index is 12.6. The van der Waals surface area contributed by atoms with E-state index in [-0.39, 0.29) is 0 Å². The van der Waals surface area contributed by atoms with Crippen molar-refractivity contribution in [3.63, 3.8) is 0 Å². The summed E-state index contributed by atoms with van der Waals surface area (Å²) >= 11 is 1.42. The molecule has 0 radical (unpaired) electrons. The molecule has 2 aromatic rings. The number of nitrogens with zero attached hydrogens (tertiary/aromatic N) is 5. The lowest BCUT2D eigenvalue weighted by atomic mass is 9.99. The zero-order chi connectivity index (χ0) is 18.0. The highest BCUT2D eigenvalue weighted by Crippen LogP contribution is 2.29. The fraction of sp³-hybridized carbons (Fsp3) is 0.600. The van der Waals surface area contributed by atoms with Gasteiger partial charge < -0.3 is 9.88 Å². The topological polar surface area (TPSA) is 68.5 Å². The van der Waals surface area contributed by atoms with Crippen LogP contribution in [0.1, 0.15) is 41.7 Å². The normalized spacial score (nSPS) is 18.5. The lowest BCUT2D eigenvalue weighted by molar-refractivity contribution is -0.145. The van der Waals surface area contributed by atoms with E-state index in [9.17, 15) is 13.2 Å². The zero-order valence-electron chi connectivity index (χ0n) is 14.0. The fourth-order valence-electron chi connectivity index (χ4n) is 2.79. The first-order valence-electron chi connectivity index (χ1n) is 7.98. The van der Waals surface area contributed by atoms with E-state index in [1.807, 2.05) is 11.6 Å². The number of nitrogens with one attached hydrogen (secondary N) is 1. The number of alkyl halides is 3. The molecule has 0 saturated carbocycles. The summed E-state index contributed by atoms with van der Waals surface area (Å²) in [4.78, 5) is 6.98. The molecule has 1 unspecified atom stereocenters. The molecule has 1 atom stereocenters. The lowest BCUT2D eigenvalue weighted by Gasteiger charge is -2.21. The van der Waals surface area contributed by atoms with Crippen molar-refractivity contribution >= 4 is 11.8 Å². The van der Waals surface area contributed by atoms with Gasteiger partial charge in [0.2, 0.25) is 5.82 Å². The fourth-order valence-corrected chi connectivity index (χ4v) is 3.75. The van der Waals surface area contributed by atoms with Crippen LogP contribution in [0.2, 0.25) is 0 Å². The molecule has 0 bridgehead atoms. The van der Waals surface area contributed by atoms with Gasteiger partial charge in [-0.25, -0.2) is 9.97 Å². The average Bonchev–Trinajstić information content (AvgIpc) is 2.94. The Morgan fingerprint density at radius 3 is 2.80 bits per heavy atom. The smallest absolute Gasteiger partial charge is 0.316 e. The van der Waals surface area contributed by atoms with E-state index in [4.69, 9.17) is 0 Å². The Kier molecular flexibility index (Phi) is 5.28. The molecule has 3 heterocycles. The van der Waals surface area contributed by atoms with E-state index in [2.05, 4.69) is 25.5 Å². The van der Waals surface area contributed by atoms with Crippen LogP contribution in [0.4, 0.5) is 13.2 Å². The van der Waals surface area contributed by atoms with Crippen LogP contribution in [0.3, 0.4) is 0 Å². The van der Waals surface area contributed by atoms with E-state index >= 15 is 0 Å². The van der Waals surface area contributed by atoms with Gasteiger partial charge in [-0.15, -0.1) is 10.2 Å². The Bertz CT molecular complexity index is 739. The van der Waals surface area contributed by atoms with Crippen molar-refractivity contribution in [3.05, 3.63) is 29.1 Å². The Labute approximate surface area is 147 Å². The van der Waals surface area contributed by atoms with Crippen molar-refractivity contribution in [2.75, 3.05) is 13.1 Å². The minimum Gasteiger partial charge on any atom is -0.316 e. The summed E-state index contributed by atoms with van der Waals surface area (Å²) in [5.74, 6) is 0.620. The van der Waals surface area contributed by atoms with Crippen molar-refractivity contribution in [2.45, 2.75) is 42.8 Å². The zero-order valence-corrected chi connectivity index (χ0v) is 14.8. The van der Waals surface area contributed by atoms with Gasteiger partial charge in [0.15, 0.2) is 5.16 Å². The molecule has 6 nitrogen and oxygen atoms in total. The van der Waals surface area contributed by atoms with Crippen molar-refractivity contribution in [2.24, 2.45) is 7.05 Å². The third-order valence-corrected chi connectivity index (χ3v) is 5.29. The molecule has 3 rings (SSSR count). The Balaban J connectivity index is 1.69. The van der Waals surface area contributed by atoms with Crippen LogP contribution in [0, 0.1) is 6.92 Å². The number of rotatable bonds is 4. The Hall–Kier alpha value is -1.68. The third-order valence-electron chi connectivity index (χ3n) is 4.22. The number of halogens is 3. The number of piperidine rings is 1. The quantitative estimate of drug-likeness (QED) is 0.833. The summed E-state index contributed by atoms with van der Waals surface area (Å²) in [6.45, 7) is 3.48. The molecule has 2 aromatic heterocycles. The number of hydrogen-bond donors (Lipinski definition) is 1. The molecule has 136 valence electrons. The monoisotopic (exact) mass is 372 g/mol. The van der Waals surface area contributed by atoms with E-state index in [1.54, 1.807) is 6.92 Å². The molecular formula is C15H19F3N6S. The van der Waals surface area contributed by atoms with Gasteiger partial charge in [-0.2, -0.15) is 13.2 Å². The first kappa shape index (κ1) is 18.1. The largest absolute Gasteiger partial charge is 0.451 e. The van der Waals surface area contributed by atoms with Crippen molar-refractivity contribution < 1.29 is 13.2 Å². The van der Waals surface area contributed by atoms with E-state index in [0.717, 1.165) is 36.9 Å². The minimum atomic E-state index is -4.52. The molecule has 0 aliphatic carbocycles. The van der Waals surface area contributed by atoms with Crippen LogP contribution < -0.4 is 5.32 Å². The number of aromatic nitrogens is 5. The molecule has 1 aliphatic heterocycles. The van der Waals surface area contributed by atoms with Crippen LogP contribution in [-0.4, -0.2) is 37.8 Å². The standard InChI is InChI=1S/C15H19F3N6S/c1-9-11(7-20-13(21-9)15(16,17)18)8-25-14-23-22-12(24(14)2)10-4-3-5-19-6-10/h7,10,19H,3-6,8H2,1-2H3. The Morgan fingerprint density at radius 2 is 2.16 bits per heavy atom. The molecule has 1 fully saturated rings. The second kappa shape index (κ2) is 7.28. The summed E-state index contributed by atoms with van der Waals surface area (Å²) in [5, 5.41) is 12.6. The van der Waals surface area contributed by atoms with Crippen molar-refractivity contribution in [1.29, 1.82) is 0 Å². The highest BCUT2D eigenvalue weighted by Gasteiger charge is 2.34. The van der Waals surface area contributed by atoms with Crippen LogP contribution in [0.25, 0.3) is 0 Å². The summed E-state index contributed by atoms with van der Waals surface area (Å²) in [7, 11) is 1.92. The molecular weight excluding hydrogens is 353 g/mol. The van der Waals surface area contributed by atoms with Crippen LogP contribution in [0.15, 0.2) is 11.4 Å². The van der Waals surface area contributed by atoms with Gasteiger partial charge in [-0.3, -0.25) is 0 Å². The van der Waals surface area contributed by atoms with Crippen LogP contribution in [0.5, 0.6) is 0 Å². The summed E-state index contributed by atoms with van der Waals surface area (Å²) in [5.41, 5.74) is 0.982. The molecule has 1 aliphatic rings. The molecule has 0 amide bonds. The number of hydrogen-bond acceptors (Lipinski definition) is 6. The predicted octanol–water partition coefficient (Wildman–Crippen LogP) is 2.69. The SMILES string of the molecule is Cc1nc(C(F)(F)F)ncc1CSc1nnc(C2CCCNC2)n1C. The van der Waals surface area contributed by atoms with Crippen LogP contribution in [-0.2, 0) is 19.0 Å². The molecule has 1 saturated heterocycles. The van der Waals surface area contributed by atoms with Gasteiger partial charge in [0.25, 0.3) is 0 Å². The van der Waals surface area contributed by atoms with Crippen molar-refractivity contribution in [3.8, 4) is 0 Å². The second-order valence-corrected chi connectivity index (χ2v) is 6.98. The third kappa shape index (κ3) is 4.12. The molecule has 10 heteroatoms. The minimum absolute atomic E-state index is 0.327. The van der Waals surface area contributed by atoms with Crippen LogP contribution >= 0.6 is 11.8 Å². The average molecular weight is 372 g/mol. The van der Waals surface area contributed by atoms with E-state index in [0.29, 0.717) is 22.9 Å². The maximum absolute atomic E-state index is 12.6. The van der Waals surface area contributed by atoms with Gasteiger partial charge in [0, 0.05) is 42.7 Å². The van der Waals surface area contributed by atoms with Gasteiger partial charge in [-0.1, -0.05) is 11.8 Å². The molecule has 0 spiro atoms. The molecule has 1 N–H and O–H groups in total. The maximum Gasteiger partial charge on any atom is 0.451 e. The summed E-state index contributed by atoms with van der Waals surface area (Å²) in [6, 6.07) is 0. The summed E-state index contributed by atoms with van der Waals surface area (Å²) in [6.07, 6.45) is -1.10. The molecule has 0 aromatic carbocycles. The predicted molar refractivity (Wildman–Crippen MR) is 87.2 cm³/mol. The Morgan fingerprint density at radius 1 is 1.36 bits per heavy atom. The second-order valence-electron chi connectivity index (χ2n) is 6.03. The van der Waals surface area contributed by atoms with E-state index < -0.39 is 12.0 Å². The van der Waals surface area contributed by atoms with E-state index in [1.165, 1.54) is 18.0 Å². The summed E-state index contributed by atoms with van der Waals surface area (Å²) < 4.78 is 39.8.